The van der Waals surface area contributed by atoms with Crippen LogP contribution in [0.4, 0.5) is 10.7 Å². The Morgan fingerprint density at radius 1 is 1.03 bits per heavy atom. The number of aromatic nitrogens is 3. The number of hydrogen-bond donors (Lipinski definition) is 2. The van der Waals surface area contributed by atoms with Gasteiger partial charge in [0.15, 0.2) is 5.65 Å². The van der Waals surface area contributed by atoms with E-state index in [0.29, 0.717) is 18.7 Å². The Balaban J connectivity index is 0.000000799. The zero-order chi connectivity index (χ0) is 23.0. The Bertz CT molecular complexity index is 1270. The van der Waals surface area contributed by atoms with Crippen molar-refractivity contribution in [3.8, 4) is 23.1 Å². The third-order valence-corrected chi connectivity index (χ3v) is 4.79. The number of hydrogen-bond acceptors (Lipinski definition) is 5. The predicted octanol–water partition coefficient (Wildman–Crippen LogP) is 5.30. The van der Waals surface area contributed by atoms with Crippen LogP contribution >= 0.6 is 0 Å². The molecule has 0 bridgehead atoms. The largest absolute Gasteiger partial charge is 0.489 e. The van der Waals surface area contributed by atoms with Crippen molar-refractivity contribution in [2.75, 3.05) is 5.32 Å². The molecule has 2 aromatic carbocycles. The lowest BCUT2D eigenvalue weighted by atomic mass is 10.1. The van der Waals surface area contributed by atoms with Gasteiger partial charge < -0.3 is 9.84 Å². The second-order valence-electron chi connectivity index (χ2n) is 7.57. The molecule has 1 amide bonds. The van der Waals surface area contributed by atoms with Gasteiger partial charge in [0.2, 0.25) is 0 Å². The van der Waals surface area contributed by atoms with Crippen molar-refractivity contribution in [3.63, 3.8) is 0 Å². The second kappa shape index (κ2) is 10.3. The molecule has 0 spiro atoms. The molecule has 0 unspecified atom stereocenters. The van der Waals surface area contributed by atoms with Gasteiger partial charge in [0.05, 0.1) is 18.2 Å². The van der Waals surface area contributed by atoms with Crippen LogP contribution in [-0.4, -0.2) is 25.8 Å². The lowest BCUT2D eigenvalue weighted by Gasteiger charge is -2.08. The first-order valence-electron chi connectivity index (χ1n) is 10.7. The molecule has 0 radical (unpaired) electrons. The molecule has 2 aromatic heterocycles. The number of nitrogens with one attached hydrogen (secondary N) is 1. The van der Waals surface area contributed by atoms with Crippen molar-refractivity contribution in [3.05, 3.63) is 77.9 Å². The molecule has 2 N–H and O–H groups in total. The first-order chi connectivity index (χ1) is 16.1. The fourth-order valence-corrected chi connectivity index (χ4v) is 3.01. The average Bonchev–Trinajstić information content (AvgIpc) is 3.65. The van der Waals surface area contributed by atoms with Crippen LogP contribution in [-0.2, 0) is 13.0 Å². The summed E-state index contributed by atoms with van der Waals surface area (Å²) in [5, 5.41) is 24.0. The number of carbonyl (C=O) groups is 1. The van der Waals surface area contributed by atoms with Crippen LogP contribution in [0.15, 0.2) is 66.7 Å². The summed E-state index contributed by atoms with van der Waals surface area (Å²) in [6.07, 6.45) is 3.67. The van der Waals surface area contributed by atoms with Gasteiger partial charge in [-0.05, 0) is 35.4 Å². The Hall–Kier alpha value is -4.38. The van der Waals surface area contributed by atoms with E-state index in [1.54, 1.807) is 10.6 Å². The minimum absolute atomic E-state index is 0.0285. The third kappa shape index (κ3) is 6.08. The van der Waals surface area contributed by atoms with Crippen LogP contribution in [0.1, 0.15) is 30.4 Å². The van der Waals surface area contributed by atoms with Crippen LogP contribution < -0.4 is 10.1 Å². The van der Waals surface area contributed by atoms with E-state index in [4.69, 9.17) is 15.1 Å². The number of ether oxygens (including phenoxy) is 1. The van der Waals surface area contributed by atoms with Gasteiger partial charge in [-0.15, -0.1) is 5.10 Å². The molecule has 2 heterocycles. The summed E-state index contributed by atoms with van der Waals surface area (Å²) in [5.74, 6) is 0.771. The van der Waals surface area contributed by atoms with E-state index < -0.39 is 6.09 Å². The zero-order valence-electron chi connectivity index (χ0n) is 17.9. The highest BCUT2D eigenvalue weighted by atomic mass is 16.5. The second-order valence-corrected chi connectivity index (χ2v) is 7.57. The fraction of sp³-hybridized carbons (Fsp3) is 0.200. The number of benzene rings is 2. The van der Waals surface area contributed by atoms with E-state index >= 15 is 0 Å². The number of amides is 1. The van der Waals surface area contributed by atoms with Crippen molar-refractivity contribution in [2.24, 2.45) is 0 Å². The predicted molar refractivity (Wildman–Crippen MR) is 124 cm³/mol. The van der Waals surface area contributed by atoms with Crippen molar-refractivity contribution >= 4 is 17.7 Å². The van der Waals surface area contributed by atoms with Gasteiger partial charge in [0.25, 0.3) is 5.95 Å². The molecular weight excluding hydrogens is 418 g/mol. The van der Waals surface area contributed by atoms with Crippen LogP contribution in [0.3, 0.4) is 0 Å². The van der Waals surface area contributed by atoms with Gasteiger partial charge in [-0.1, -0.05) is 61.7 Å². The zero-order valence-corrected chi connectivity index (χ0v) is 17.9. The first kappa shape index (κ1) is 21.8. The molecule has 166 valence electrons. The van der Waals surface area contributed by atoms with Gasteiger partial charge >= 0.3 is 6.09 Å². The maximum atomic E-state index is 10.8. The molecule has 0 aliphatic heterocycles. The number of nitriles is 1. The van der Waals surface area contributed by atoms with Crippen LogP contribution in [0.25, 0.3) is 16.9 Å². The Morgan fingerprint density at radius 3 is 2.36 bits per heavy atom. The van der Waals surface area contributed by atoms with E-state index in [1.165, 1.54) is 19.3 Å². The number of rotatable bonds is 6. The summed E-state index contributed by atoms with van der Waals surface area (Å²) >= 11 is 0. The fourth-order valence-electron chi connectivity index (χ4n) is 3.01. The van der Waals surface area contributed by atoms with Gasteiger partial charge in [-0.3, -0.25) is 5.32 Å². The SMILES string of the molecule is C1CC1.N#CCc1ccc(OCc2ccc(-c3cccc4nc(NC(=O)O)nn34)cc2)cc1. The summed E-state index contributed by atoms with van der Waals surface area (Å²) in [5.41, 5.74) is 4.21. The summed E-state index contributed by atoms with van der Waals surface area (Å²) in [4.78, 5) is 15.0. The number of nitrogens with zero attached hydrogens (tertiary/aromatic N) is 4. The first-order valence-corrected chi connectivity index (χ1v) is 10.7. The molecule has 33 heavy (non-hydrogen) atoms. The third-order valence-electron chi connectivity index (χ3n) is 4.79. The van der Waals surface area contributed by atoms with Crippen molar-refractivity contribution in [2.45, 2.75) is 32.3 Å². The Labute approximate surface area is 191 Å². The number of carboxylic acid groups (broad SMARTS) is 1. The highest BCUT2D eigenvalue weighted by Gasteiger charge is 2.10. The monoisotopic (exact) mass is 441 g/mol. The molecule has 1 fully saturated rings. The van der Waals surface area contributed by atoms with Crippen LogP contribution in [0, 0.1) is 11.3 Å². The quantitative estimate of drug-likeness (QED) is 0.420. The lowest BCUT2D eigenvalue weighted by molar-refractivity contribution is 0.209. The van der Waals surface area contributed by atoms with Gasteiger partial charge in [0, 0.05) is 5.56 Å². The smallest absolute Gasteiger partial charge is 0.411 e. The molecule has 1 saturated carbocycles. The number of fused-ring (bicyclic) bond motifs is 1. The van der Waals surface area contributed by atoms with Crippen molar-refractivity contribution < 1.29 is 14.6 Å². The normalized spacial score (nSPS) is 11.7. The average molecular weight is 441 g/mol. The van der Waals surface area contributed by atoms with Crippen LogP contribution in [0.5, 0.6) is 5.75 Å². The van der Waals surface area contributed by atoms with Gasteiger partial charge in [-0.25, -0.2) is 9.31 Å². The molecule has 1 aliphatic carbocycles. The van der Waals surface area contributed by atoms with Crippen LogP contribution in [0.2, 0.25) is 0 Å². The van der Waals surface area contributed by atoms with E-state index in [0.717, 1.165) is 28.1 Å². The molecule has 4 aromatic rings. The molecular formula is C25H23N5O3. The molecule has 5 rings (SSSR count). The van der Waals surface area contributed by atoms with Gasteiger partial charge in [0.1, 0.15) is 12.4 Å². The lowest BCUT2D eigenvalue weighted by Crippen LogP contribution is -2.08. The Kier molecular flexibility index (Phi) is 6.81. The maximum absolute atomic E-state index is 10.8. The standard InChI is InChI=1S/C22H17N5O3.C3H6/c23-13-12-15-6-10-18(11-7-15)30-14-16-4-8-17(9-5-16)19-2-1-3-20-24-21(25-22(28)29)26-27(19)20;1-2-3-1/h1-11H,12,14H2,(H,25,26)(H,28,29);1-3H2. The molecule has 0 atom stereocenters. The summed E-state index contributed by atoms with van der Waals surface area (Å²) in [7, 11) is 0. The van der Waals surface area contributed by atoms with Gasteiger partial charge in [-0.2, -0.15) is 10.2 Å². The van der Waals surface area contributed by atoms with E-state index in [1.807, 2.05) is 60.7 Å². The Morgan fingerprint density at radius 2 is 1.73 bits per heavy atom. The topological polar surface area (TPSA) is 113 Å². The number of pyridine rings is 1. The number of anilines is 1. The minimum Gasteiger partial charge on any atom is -0.489 e. The molecule has 8 heteroatoms. The highest BCUT2D eigenvalue weighted by Crippen LogP contribution is 2.22. The maximum Gasteiger partial charge on any atom is 0.411 e. The summed E-state index contributed by atoms with van der Waals surface area (Å²) in [6.45, 7) is 0.415. The van der Waals surface area contributed by atoms with E-state index in [2.05, 4.69) is 21.5 Å². The van der Waals surface area contributed by atoms with Crippen molar-refractivity contribution in [1.29, 1.82) is 5.26 Å². The molecule has 1 aliphatic rings. The summed E-state index contributed by atoms with van der Waals surface area (Å²) in [6, 6.07) is 22.9. The van der Waals surface area contributed by atoms with E-state index in [-0.39, 0.29) is 5.95 Å². The summed E-state index contributed by atoms with van der Waals surface area (Å²) < 4.78 is 7.40. The van der Waals surface area contributed by atoms with E-state index in [9.17, 15) is 4.79 Å². The van der Waals surface area contributed by atoms with Crippen molar-refractivity contribution in [1.82, 2.24) is 14.6 Å². The highest BCUT2D eigenvalue weighted by molar-refractivity contribution is 5.80. The minimum atomic E-state index is -1.21. The molecule has 0 saturated heterocycles. The molecule has 8 nitrogen and oxygen atoms in total.